The largest absolute Gasteiger partial charge is 0.492 e. The number of carbonyl (C=O) groups excluding carboxylic acids is 1. The molecule has 1 fully saturated rings. The summed E-state index contributed by atoms with van der Waals surface area (Å²) in [5.74, 6) is 1.14. The second-order valence-corrected chi connectivity index (χ2v) is 4.62. The Hall–Kier alpha value is -1.38. The predicted octanol–water partition coefficient (Wildman–Crippen LogP) is 2.49. The van der Waals surface area contributed by atoms with E-state index >= 15 is 0 Å². The fourth-order valence-corrected chi connectivity index (χ4v) is 2.27. The molecule has 1 saturated carbocycles. The van der Waals surface area contributed by atoms with E-state index in [4.69, 9.17) is 4.74 Å². The standard InChI is InChI=1S/C13H17NO2/c1-3-16-12-6-10(8-14-9-12)13(2)5-4-11(15)7-13/h6,8-9H,3-5,7H2,1-2H3. The third-order valence-electron chi connectivity index (χ3n) is 3.26. The molecule has 0 aromatic carbocycles. The summed E-state index contributed by atoms with van der Waals surface area (Å²) in [7, 11) is 0. The molecule has 0 saturated heterocycles. The van der Waals surface area contributed by atoms with Gasteiger partial charge in [-0.1, -0.05) is 6.92 Å². The molecule has 0 radical (unpaired) electrons. The first kappa shape index (κ1) is 11.1. The van der Waals surface area contributed by atoms with Crippen LogP contribution in [0.25, 0.3) is 0 Å². The van der Waals surface area contributed by atoms with E-state index in [0.717, 1.165) is 17.7 Å². The van der Waals surface area contributed by atoms with Gasteiger partial charge < -0.3 is 4.74 Å². The lowest BCUT2D eigenvalue weighted by Gasteiger charge is -2.23. The fraction of sp³-hybridized carbons (Fsp3) is 0.538. The fourth-order valence-electron chi connectivity index (χ4n) is 2.27. The van der Waals surface area contributed by atoms with E-state index in [2.05, 4.69) is 11.9 Å². The molecule has 16 heavy (non-hydrogen) atoms. The van der Waals surface area contributed by atoms with Crippen molar-refractivity contribution in [3.8, 4) is 5.75 Å². The van der Waals surface area contributed by atoms with E-state index in [9.17, 15) is 4.79 Å². The number of aromatic nitrogens is 1. The van der Waals surface area contributed by atoms with E-state index in [1.165, 1.54) is 0 Å². The van der Waals surface area contributed by atoms with Crippen LogP contribution in [0.15, 0.2) is 18.5 Å². The molecule has 2 rings (SSSR count). The van der Waals surface area contributed by atoms with E-state index in [1.54, 1.807) is 6.20 Å². The molecule has 1 aliphatic rings. The minimum absolute atomic E-state index is 0.0444. The number of ketones is 1. The average molecular weight is 219 g/mol. The summed E-state index contributed by atoms with van der Waals surface area (Å²) in [5.41, 5.74) is 1.07. The van der Waals surface area contributed by atoms with Gasteiger partial charge in [0.15, 0.2) is 0 Å². The average Bonchev–Trinajstić information content (AvgIpc) is 2.61. The van der Waals surface area contributed by atoms with Crippen molar-refractivity contribution < 1.29 is 9.53 Å². The van der Waals surface area contributed by atoms with Crippen LogP contribution >= 0.6 is 0 Å². The molecule has 0 bridgehead atoms. The number of pyridine rings is 1. The molecular formula is C13H17NO2. The molecule has 0 spiro atoms. The highest BCUT2D eigenvalue weighted by Crippen LogP contribution is 2.39. The first-order valence-electron chi connectivity index (χ1n) is 5.74. The monoisotopic (exact) mass is 219 g/mol. The molecule has 0 aliphatic heterocycles. The minimum atomic E-state index is -0.0444. The number of hydrogen-bond donors (Lipinski definition) is 0. The van der Waals surface area contributed by atoms with Gasteiger partial charge in [-0.05, 0) is 25.0 Å². The smallest absolute Gasteiger partial charge is 0.137 e. The second kappa shape index (κ2) is 4.24. The van der Waals surface area contributed by atoms with Crippen LogP contribution in [-0.2, 0) is 10.2 Å². The number of hydrogen-bond acceptors (Lipinski definition) is 3. The van der Waals surface area contributed by atoms with Crippen LogP contribution < -0.4 is 4.74 Å². The van der Waals surface area contributed by atoms with Crippen molar-refractivity contribution in [2.24, 2.45) is 0 Å². The minimum Gasteiger partial charge on any atom is -0.492 e. The number of Topliss-reactive ketones (excluding diaryl/α,β-unsaturated/α-hetero) is 1. The summed E-state index contributed by atoms with van der Waals surface area (Å²) in [5, 5.41) is 0. The zero-order valence-corrected chi connectivity index (χ0v) is 9.82. The molecule has 86 valence electrons. The summed E-state index contributed by atoms with van der Waals surface area (Å²) in [4.78, 5) is 15.6. The van der Waals surface area contributed by atoms with Crippen molar-refractivity contribution in [2.75, 3.05) is 6.61 Å². The Balaban J connectivity index is 2.26. The zero-order valence-electron chi connectivity index (χ0n) is 9.82. The first-order chi connectivity index (χ1) is 7.64. The Morgan fingerprint density at radius 3 is 2.94 bits per heavy atom. The topological polar surface area (TPSA) is 39.2 Å². The van der Waals surface area contributed by atoms with Gasteiger partial charge in [0.05, 0.1) is 12.8 Å². The molecule has 1 aliphatic carbocycles. The van der Waals surface area contributed by atoms with E-state index in [-0.39, 0.29) is 5.41 Å². The predicted molar refractivity (Wildman–Crippen MR) is 61.6 cm³/mol. The molecule has 1 aromatic rings. The molecule has 3 nitrogen and oxygen atoms in total. The van der Waals surface area contributed by atoms with Crippen LogP contribution in [-0.4, -0.2) is 17.4 Å². The lowest BCUT2D eigenvalue weighted by Crippen LogP contribution is -2.18. The lowest BCUT2D eigenvalue weighted by molar-refractivity contribution is -0.117. The van der Waals surface area contributed by atoms with Gasteiger partial charge in [-0.15, -0.1) is 0 Å². The molecule has 1 unspecified atom stereocenters. The number of nitrogens with zero attached hydrogens (tertiary/aromatic N) is 1. The highest BCUT2D eigenvalue weighted by atomic mass is 16.5. The van der Waals surface area contributed by atoms with Gasteiger partial charge in [0, 0.05) is 24.5 Å². The van der Waals surface area contributed by atoms with Crippen LogP contribution in [0, 0.1) is 0 Å². The highest BCUT2D eigenvalue weighted by Gasteiger charge is 2.35. The van der Waals surface area contributed by atoms with Crippen molar-refractivity contribution in [1.29, 1.82) is 0 Å². The van der Waals surface area contributed by atoms with Gasteiger partial charge >= 0.3 is 0 Å². The summed E-state index contributed by atoms with van der Waals surface area (Å²) in [6.45, 7) is 4.72. The Kier molecular flexibility index (Phi) is 2.95. The van der Waals surface area contributed by atoms with Gasteiger partial charge in [0.2, 0.25) is 0 Å². The normalized spacial score (nSPS) is 24.8. The van der Waals surface area contributed by atoms with E-state index in [0.29, 0.717) is 25.2 Å². The number of rotatable bonds is 3. The summed E-state index contributed by atoms with van der Waals surface area (Å²) < 4.78 is 5.43. The van der Waals surface area contributed by atoms with E-state index < -0.39 is 0 Å². The van der Waals surface area contributed by atoms with Gasteiger partial charge in [0.1, 0.15) is 11.5 Å². The summed E-state index contributed by atoms with van der Waals surface area (Å²) >= 11 is 0. The second-order valence-electron chi connectivity index (χ2n) is 4.62. The maximum atomic E-state index is 11.4. The van der Waals surface area contributed by atoms with Crippen LogP contribution in [0.4, 0.5) is 0 Å². The van der Waals surface area contributed by atoms with Crippen molar-refractivity contribution >= 4 is 5.78 Å². The van der Waals surface area contributed by atoms with Crippen LogP contribution in [0.1, 0.15) is 38.7 Å². The van der Waals surface area contributed by atoms with Crippen molar-refractivity contribution in [2.45, 2.75) is 38.5 Å². The molecule has 1 atom stereocenters. The summed E-state index contributed by atoms with van der Waals surface area (Å²) in [6.07, 6.45) is 5.80. The molecule has 1 heterocycles. The molecular weight excluding hydrogens is 202 g/mol. The van der Waals surface area contributed by atoms with Crippen molar-refractivity contribution in [3.05, 3.63) is 24.0 Å². The third kappa shape index (κ3) is 2.08. The van der Waals surface area contributed by atoms with Crippen molar-refractivity contribution in [3.63, 3.8) is 0 Å². The van der Waals surface area contributed by atoms with Gasteiger partial charge in [-0.2, -0.15) is 0 Å². The molecule has 0 N–H and O–H groups in total. The van der Waals surface area contributed by atoms with Gasteiger partial charge in [-0.3, -0.25) is 9.78 Å². The third-order valence-corrected chi connectivity index (χ3v) is 3.26. The number of ether oxygens (including phenoxy) is 1. The molecule has 1 aromatic heterocycles. The SMILES string of the molecule is CCOc1cncc(C2(C)CCC(=O)C2)c1. The zero-order chi connectivity index (χ0) is 11.6. The Labute approximate surface area is 95.8 Å². The first-order valence-corrected chi connectivity index (χ1v) is 5.74. The summed E-state index contributed by atoms with van der Waals surface area (Å²) in [6, 6.07) is 2.01. The lowest BCUT2D eigenvalue weighted by atomic mass is 9.82. The maximum Gasteiger partial charge on any atom is 0.137 e. The Bertz CT molecular complexity index is 403. The molecule has 0 amide bonds. The van der Waals surface area contributed by atoms with Crippen LogP contribution in [0.3, 0.4) is 0 Å². The van der Waals surface area contributed by atoms with Crippen LogP contribution in [0.2, 0.25) is 0 Å². The van der Waals surface area contributed by atoms with Gasteiger partial charge in [0.25, 0.3) is 0 Å². The van der Waals surface area contributed by atoms with E-state index in [1.807, 2.05) is 19.2 Å². The highest BCUT2D eigenvalue weighted by molar-refractivity contribution is 5.82. The molecule has 3 heteroatoms. The van der Waals surface area contributed by atoms with Gasteiger partial charge in [-0.25, -0.2) is 0 Å². The van der Waals surface area contributed by atoms with Crippen LogP contribution in [0.5, 0.6) is 5.75 Å². The number of carbonyl (C=O) groups is 1. The Morgan fingerprint density at radius 2 is 2.31 bits per heavy atom. The maximum absolute atomic E-state index is 11.4. The van der Waals surface area contributed by atoms with Crippen molar-refractivity contribution in [1.82, 2.24) is 4.98 Å². The quantitative estimate of drug-likeness (QED) is 0.784. The Morgan fingerprint density at radius 1 is 1.50 bits per heavy atom.